The zero-order valence-electron chi connectivity index (χ0n) is 12.5. The molecule has 0 amide bonds. The van der Waals surface area contributed by atoms with E-state index in [0.29, 0.717) is 11.7 Å². The Bertz CT molecular complexity index is 458. The molecule has 1 N–H and O–H groups in total. The van der Waals surface area contributed by atoms with Crippen molar-refractivity contribution in [3.63, 3.8) is 0 Å². The van der Waals surface area contributed by atoms with E-state index in [0.717, 1.165) is 32.1 Å². The summed E-state index contributed by atoms with van der Waals surface area (Å²) >= 11 is 0. The van der Waals surface area contributed by atoms with Crippen LogP contribution in [0.4, 0.5) is 0 Å². The summed E-state index contributed by atoms with van der Waals surface area (Å²) in [4.78, 5) is 6.53. The Kier molecular flexibility index (Phi) is 5.51. The van der Waals surface area contributed by atoms with Gasteiger partial charge in [-0.25, -0.2) is 4.98 Å². The van der Waals surface area contributed by atoms with Crippen LogP contribution >= 0.6 is 0 Å². The van der Waals surface area contributed by atoms with Crippen molar-refractivity contribution in [1.29, 1.82) is 5.26 Å². The van der Waals surface area contributed by atoms with Crippen LogP contribution in [0.25, 0.3) is 0 Å². The number of nitriles is 1. The first-order valence-electron chi connectivity index (χ1n) is 7.49. The van der Waals surface area contributed by atoms with Crippen molar-refractivity contribution in [2.45, 2.75) is 39.3 Å². The van der Waals surface area contributed by atoms with Gasteiger partial charge in [-0.3, -0.25) is 4.90 Å². The number of pyridine rings is 1. The first-order chi connectivity index (χ1) is 9.69. The lowest BCUT2D eigenvalue weighted by Crippen LogP contribution is -2.40. The number of aromatic nitrogens is 1. The standard InChI is InChI=1S/C16H24N4/c1-13(2)20(12-15-4-3-6-18-10-15)11-14-5-7-19-16(8-14)9-17/h5,7-8,13,15,18H,3-4,6,10-12H2,1-2H3. The third kappa shape index (κ3) is 4.29. The quantitative estimate of drug-likeness (QED) is 0.892. The third-order valence-corrected chi connectivity index (χ3v) is 3.95. The van der Waals surface area contributed by atoms with Crippen molar-refractivity contribution >= 4 is 0 Å². The molecular formula is C16H24N4. The van der Waals surface area contributed by atoms with Crippen molar-refractivity contribution < 1.29 is 0 Å². The van der Waals surface area contributed by atoms with Gasteiger partial charge in [-0.2, -0.15) is 5.26 Å². The van der Waals surface area contributed by atoms with Gasteiger partial charge in [0.1, 0.15) is 11.8 Å². The fourth-order valence-electron chi connectivity index (χ4n) is 2.74. The van der Waals surface area contributed by atoms with Gasteiger partial charge in [-0.15, -0.1) is 0 Å². The molecule has 1 aliphatic rings. The Labute approximate surface area is 121 Å². The van der Waals surface area contributed by atoms with Gasteiger partial charge in [-0.1, -0.05) is 0 Å². The van der Waals surface area contributed by atoms with E-state index in [2.05, 4.69) is 35.1 Å². The minimum atomic E-state index is 0.505. The molecule has 1 fully saturated rings. The zero-order chi connectivity index (χ0) is 14.4. The van der Waals surface area contributed by atoms with E-state index in [1.165, 1.54) is 18.4 Å². The van der Waals surface area contributed by atoms with Crippen LogP contribution in [0.5, 0.6) is 0 Å². The summed E-state index contributed by atoms with van der Waals surface area (Å²) in [5.41, 5.74) is 1.68. The van der Waals surface area contributed by atoms with Crippen molar-refractivity contribution in [3.05, 3.63) is 29.6 Å². The lowest BCUT2D eigenvalue weighted by atomic mass is 9.98. The van der Waals surface area contributed by atoms with Crippen LogP contribution in [0.15, 0.2) is 18.3 Å². The summed E-state index contributed by atoms with van der Waals surface area (Å²) < 4.78 is 0. The molecule has 1 aromatic rings. The van der Waals surface area contributed by atoms with Crippen molar-refractivity contribution in [1.82, 2.24) is 15.2 Å². The molecular weight excluding hydrogens is 248 g/mol. The van der Waals surface area contributed by atoms with Gasteiger partial charge in [0.25, 0.3) is 0 Å². The summed E-state index contributed by atoms with van der Waals surface area (Å²) in [5.74, 6) is 0.739. The third-order valence-electron chi connectivity index (χ3n) is 3.95. The summed E-state index contributed by atoms with van der Waals surface area (Å²) in [6, 6.07) is 6.53. The largest absolute Gasteiger partial charge is 0.316 e. The second-order valence-corrected chi connectivity index (χ2v) is 5.90. The molecule has 108 valence electrons. The molecule has 1 aliphatic heterocycles. The first-order valence-corrected chi connectivity index (χ1v) is 7.49. The fourth-order valence-corrected chi connectivity index (χ4v) is 2.74. The monoisotopic (exact) mass is 272 g/mol. The highest BCUT2D eigenvalue weighted by atomic mass is 15.1. The highest BCUT2D eigenvalue weighted by Gasteiger charge is 2.19. The average molecular weight is 272 g/mol. The van der Waals surface area contributed by atoms with Crippen LogP contribution in [0.1, 0.15) is 37.9 Å². The Morgan fingerprint density at radius 2 is 2.40 bits per heavy atom. The Morgan fingerprint density at radius 3 is 3.05 bits per heavy atom. The predicted octanol–water partition coefficient (Wildman–Crippen LogP) is 2.16. The van der Waals surface area contributed by atoms with Gasteiger partial charge < -0.3 is 5.32 Å². The Balaban J connectivity index is 1.99. The average Bonchev–Trinajstić information content (AvgIpc) is 2.48. The van der Waals surface area contributed by atoms with E-state index < -0.39 is 0 Å². The number of piperidine rings is 1. The van der Waals surface area contributed by atoms with Crippen LogP contribution in [0.3, 0.4) is 0 Å². The number of nitrogens with zero attached hydrogens (tertiary/aromatic N) is 3. The minimum Gasteiger partial charge on any atom is -0.316 e. The highest BCUT2D eigenvalue weighted by Crippen LogP contribution is 2.16. The van der Waals surface area contributed by atoms with E-state index in [1.54, 1.807) is 6.20 Å². The zero-order valence-corrected chi connectivity index (χ0v) is 12.5. The summed E-state index contributed by atoms with van der Waals surface area (Å²) in [6.45, 7) is 8.78. The normalized spacial score (nSPS) is 19.2. The fraction of sp³-hybridized carbons (Fsp3) is 0.625. The lowest BCUT2D eigenvalue weighted by molar-refractivity contribution is 0.164. The van der Waals surface area contributed by atoms with E-state index in [1.807, 2.05) is 12.1 Å². The smallest absolute Gasteiger partial charge is 0.140 e. The molecule has 20 heavy (non-hydrogen) atoms. The van der Waals surface area contributed by atoms with E-state index >= 15 is 0 Å². The van der Waals surface area contributed by atoms with Gasteiger partial charge in [0.15, 0.2) is 0 Å². The van der Waals surface area contributed by atoms with Crippen LogP contribution < -0.4 is 5.32 Å². The molecule has 0 bridgehead atoms. The lowest BCUT2D eigenvalue weighted by Gasteiger charge is -2.32. The molecule has 0 aromatic carbocycles. The molecule has 1 atom stereocenters. The maximum atomic E-state index is 8.93. The molecule has 4 nitrogen and oxygen atoms in total. The molecule has 0 saturated carbocycles. The van der Waals surface area contributed by atoms with E-state index in [4.69, 9.17) is 5.26 Å². The summed E-state index contributed by atoms with van der Waals surface area (Å²) in [7, 11) is 0. The van der Waals surface area contributed by atoms with Crippen LogP contribution in [-0.4, -0.2) is 35.6 Å². The van der Waals surface area contributed by atoms with Gasteiger partial charge >= 0.3 is 0 Å². The maximum Gasteiger partial charge on any atom is 0.140 e. The maximum absolute atomic E-state index is 8.93. The molecule has 1 saturated heterocycles. The second kappa shape index (κ2) is 7.37. The van der Waals surface area contributed by atoms with Gasteiger partial charge in [0.2, 0.25) is 0 Å². The first kappa shape index (κ1) is 15.0. The SMILES string of the molecule is CC(C)N(Cc1ccnc(C#N)c1)CC1CCCNC1. The summed E-state index contributed by atoms with van der Waals surface area (Å²) in [5, 5.41) is 12.4. The molecule has 2 rings (SSSR count). The Morgan fingerprint density at radius 1 is 1.55 bits per heavy atom. The molecule has 0 radical (unpaired) electrons. The van der Waals surface area contributed by atoms with Crippen molar-refractivity contribution in [2.75, 3.05) is 19.6 Å². The molecule has 4 heteroatoms. The van der Waals surface area contributed by atoms with Crippen LogP contribution in [0.2, 0.25) is 0 Å². The van der Waals surface area contributed by atoms with Gasteiger partial charge in [0.05, 0.1) is 0 Å². The van der Waals surface area contributed by atoms with Crippen molar-refractivity contribution in [3.8, 4) is 6.07 Å². The van der Waals surface area contributed by atoms with E-state index in [-0.39, 0.29) is 0 Å². The number of rotatable bonds is 5. The highest BCUT2D eigenvalue weighted by molar-refractivity contribution is 5.25. The number of nitrogens with one attached hydrogen (secondary N) is 1. The van der Waals surface area contributed by atoms with Crippen LogP contribution in [0, 0.1) is 17.2 Å². The van der Waals surface area contributed by atoms with Crippen molar-refractivity contribution in [2.24, 2.45) is 5.92 Å². The van der Waals surface area contributed by atoms with Gasteiger partial charge in [-0.05, 0) is 63.4 Å². The minimum absolute atomic E-state index is 0.505. The molecule has 1 unspecified atom stereocenters. The topological polar surface area (TPSA) is 52.0 Å². The predicted molar refractivity (Wildman–Crippen MR) is 80.1 cm³/mol. The van der Waals surface area contributed by atoms with Crippen LogP contribution in [-0.2, 0) is 6.54 Å². The molecule has 1 aromatic heterocycles. The summed E-state index contributed by atoms with van der Waals surface area (Å²) in [6.07, 6.45) is 4.33. The number of hydrogen-bond donors (Lipinski definition) is 1. The number of hydrogen-bond acceptors (Lipinski definition) is 4. The molecule has 0 spiro atoms. The second-order valence-electron chi connectivity index (χ2n) is 5.90. The van der Waals surface area contributed by atoms with Gasteiger partial charge in [0, 0.05) is 25.3 Å². The van der Waals surface area contributed by atoms with E-state index in [9.17, 15) is 0 Å². The Hall–Kier alpha value is -1.44. The molecule has 0 aliphatic carbocycles. The molecule has 2 heterocycles.